The summed E-state index contributed by atoms with van der Waals surface area (Å²) in [4.78, 5) is 8.19. The molecule has 0 unspecified atom stereocenters. The molecule has 0 bridgehead atoms. The number of aromatic nitrogens is 2. The fourth-order valence-corrected chi connectivity index (χ4v) is 2.18. The van der Waals surface area contributed by atoms with E-state index in [1.807, 2.05) is 6.92 Å². The van der Waals surface area contributed by atoms with Gasteiger partial charge in [-0.05, 0) is 38.8 Å². The van der Waals surface area contributed by atoms with Crippen LogP contribution in [0.25, 0.3) is 0 Å². The zero-order valence-corrected chi connectivity index (χ0v) is 11.8. The summed E-state index contributed by atoms with van der Waals surface area (Å²) >= 11 is 5.99. The summed E-state index contributed by atoms with van der Waals surface area (Å²) in [6.07, 6.45) is 1.47. The average molecular weight is 262 g/mol. The molecule has 94 valence electrons. The molecule has 2 rings (SSSR count). The van der Waals surface area contributed by atoms with Crippen LogP contribution in [0.15, 0.2) is 18.5 Å². The number of nitrogens with one attached hydrogen (secondary N) is 1. The molecular weight excluding hydrogens is 246 g/mol. The number of nitrogens with zero attached hydrogens (tertiary/aromatic N) is 2. The molecule has 18 heavy (non-hydrogen) atoms. The van der Waals surface area contributed by atoms with Crippen LogP contribution in [0.5, 0.6) is 0 Å². The summed E-state index contributed by atoms with van der Waals surface area (Å²) in [7, 11) is 0. The molecule has 0 aliphatic rings. The molecular formula is C14H16ClN3. The van der Waals surface area contributed by atoms with E-state index in [0.29, 0.717) is 5.15 Å². The maximum atomic E-state index is 5.99. The number of halogens is 1. The van der Waals surface area contributed by atoms with Gasteiger partial charge in [0.05, 0.1) is 0 Å². The van der Waals surface area contributed by atoms with Crippen LogP contribution < -0.4 is 5.32 Å². The molecule has 0 amide bonds. The fraction of sp³-hybridized carbons (Fsp3) is 0.286. The number of anilines is 2. The highest BCUT2D eigenvalue weighted by atomic mass is 35.5. The summed E-state index contributed by atoms with van der Waals surface area (Å²) in [5.41, 5.74) is 5.59. The lowest BCUT2D eigenvalue weighted by Crippen LogP contribution is -2.01. The molecule has 2 aromatic rings. The van der Waals surface area contributed by atoms with E-state index in [9.17, 15) is 0 Å². The Morgan fingerprint density at radius 2 is 1.61 bits per heavy atom. The fourth-order valence-electron chi connectivity index (χ4n) is 2.05. The first-order valence-corrected chi connectivity index (χ1v) is 6.19. The second-order valence-corrected chi connectivity index (χ2v) is 4.89. The van der Waals surface area contributed by atoms with Crippen LogP contribution in [-0.2, 0) is 0 Å². The third-order valence-electron chi connectivity index (χ3n) is 2.94. The SMILES string of the molecule is Cc1cc(C)c(Nc2ncnc(Cl)c2C)c(C)c1. The first-order chi connectivity index (χ1) is 8.49. The van der Waals surface area contributed by atoms with Crippen molar-refractivity contribution in [3.05, 3.63) is 45.9 Å². The number of hydrogen-bond donors (Lipinski definition) is 1. The van der Waals surface area contributed by atoms with E-state index in [4.69, 9.17) is 11.6 Å². The van der Waals surface area contributed by atoms with Gasteiger partial charge in [-0.1, -0.05) is 29.3 Å². The summed E-state index contributed by atoms with van der Waals surface area (Å²) in [6.45, 7) is 8.17. The molecule has 1 aromatic carbocycles. The highest BCUT2D eigenvalue weighted by molar-refractivity contribution is 6.30. The highest BCUT2D eigenvalue weighted by Crippen LogP contribution is 2.27. The lowest BCUT2D eigenvalue weighted by atomic mass is 10.1. The Bertz CT molecular complexity index is 571. The molecule has 0 radical (unpaired) electrons. The molecule has 1 aromatic heterocycles. The topological polar surface area (TPSA) is 37.8 Å². The van der Waals surface area contributed by atoms with Gasteiger partial charge in [0.1, 0.15) is 17.3 Å². The predicted octanol–water partition coefficient (Wildman–Crippen LogP) is 4.11. The van der Waals surface area contributed by atoms with Crippen LogP contribution in [-0.4, -0.2) is 9.97 Å². The van der Waals surface area contributed by atoms with Gasteiger partial charge in [0, 0.05) is 11.3 Å². The molecule has 0 fully saturated rings. The Morgan fingerprint density at radius 3 is 2.22 bits per heavy atom. The van der Waals surface area contributed by atoms with Gasteiger partial charge in [-0.3, -0.25) is 0 Å². The molecule has 0 atom stereocenters. The van der Waals surface area contributed by atoms with Crippen molar-refractivity contribution in [2.45, 2.75) is 27.7 Å². The van der Waals surface area contributed by atoms with Crippen LogP contribution in [0.2, 0.25) is 5.15 Å². The Hall–Kier alpha value is -1.61. The normalized spacial score (nSPS) is 10.5. The molecule has 4 heteroatoms. The molecule has 3 nitrogen and oxygen atoms in total. The largest absolute Gasteiger partial charge is 0.339 e. The van der Waals surface area contributed by atoms with Gasteiger partial charge in [0.15, 0.2) is 0 Å². The third-order valence-corrected chi connectivity index (χ3v) is 3.32. The van der Waals surface area contributed by atoms with Crippen molar-refractivity contribution in [3.63, 3.8) is 0 Å². The van der Waals surface area contributed by atoms with Gasteiger partial charge in [-0.25, -0.2) is 9.97 Å². The van der Waals surface area contributed by atoms with Crippen LogP contribution in [0, 0.1) is 27.7 Å². The number of rotatable bonds is 2. The molecule has 0 saturated heterocycles. The van der Waals surface area contributed by atoms with Gasteiger partial charge in [-0.15, -0.1) is 0 Å². The quantitative estimate of drug-likeness (QED) is 0.827. The van der Waals surface area contributed by atoms with Gasteiger partial charge in [0.25, 0.3) is 0 Å². The minimum Gasteiger partial charge on any atom is -0.339 e. The zero-order valence-electron chi connectivity index (χ0n) is 11.0. The summed E-state index contributed by atoms with van der Waals surface area (Å²) in [6, 6.07) is 4.29. The van der Waals surface area contributed by atoms with Crippen molar-refractivity contribution in [1.29, 1.82) is 0 Å². The minimum absolute atomic E-state index is 0.481. The van der Waals surface area contributed by atoms with E-state index in [1.165, 1.54) is 23.0 Å². The van der Waals surface area contributed by atoms with E-state index in [-0.39, 0.29) is 0 Å². The molecule has 0 saturated carbocycles. The molecule has 1 N–H and O–H groups in total. The molecule has 0 spiro atoms. The smallest absolute Gasteiger partial charge is 0.138 e. The molecule has 0 aliphatic heterocycles. The van der Waals surface area contributed by atoms with Crippen molar-refractivity contribution < 1.29 is 0 Å². The first kappa shape index (κ1) is 12.8. The van der Waals surface area contributed by atoms with Crippen LogP contribution >= 0.6 is 11.6 Å². The number of aryl methyl sites for hydroxylation is 3. The summed E-state index contributed by atoms with van der Waals surface area (Å²) < 4.78 is 0. The number of benzene rings is 1. The van der Waals surface area contributed by atoms with E-state index in [1.54, 1.807) is 0 Å². The molecule has 1 heterocycles. The van der Waals surface area contributed by atoms with E-state index in [0.717, 1.165) is 17.1 Å². The second-order valence-electron chi connectivity index (χ2n) is 4.54. The van der Waals surface area contributed by atoms with E-state index < -0.39 is 0 Å². The second kappa shape index (κ2) is 4.94. The van der Waals surface area contributed by atoms with Crippen LogP contribution in [0.1, 0.15) is 22.3 Å². The Kier molecular flexibility index (Phi) is 3.53. The third kappa shape index (κ3) is 2.46. The number of hydrogen-bond acceptors (Lipinski definition) is 3. The lowest BCUT2D eigenvalue weighted by Gasteiger charge is -2.14. The standard InChI is InChI=1S/C14H16ClN3/c1-8-5-9(2)12(10(3)6-8)18-14-11(4)13(15)16-7-17-14/h5-7H,1-4H3,(H,16,17,18). The Balaban J connectivity index is 2.43. The van der Waals surface area contributed by atoms with E-state index >= 15 is 0 Å². The average Bonchev–Trinajstić information content (AvgIpc) is 2.28. The van der Waals surface area contributed by atoms with Gasteiger partial charge >= 0.3 is 0 Å². The zero-order chi connectivity index (χ0) is 13.3. The van der Waals surface area contributed by atoms with E-state index in [2.05, 4.69) is 48.2 Å². The summed E-state index contributed by atoms with van der Waals surface area (Å²) in [5, 5.41) is 3.82. The van der Waals surface area contributed by atoms with Crippen LogP contribution in [0.3, 0.4) is 0 Å². The maximum absolute atomic E-state index is 5.99. The first-order valence-electron chi connectivity index (χ1n) is 5.81. The van der Waals surface area contributed by atoms with Gasteiger partial charge in [0.2, 0.25) is 0 Å². The monoisotopic (exact) mass is 261 g/mol. The lowest BCUT2D eigenvalue weighted by molar-refractivity contribution is 1.13. The highest BCUT2D eigenvalue weighted by Gasteiger charge is 2.09. The Morgan fingerprint density at radius 1 is 1.00 bits per heavy atom. The van der Waals surface area contributed by atoms with Gasteiger partial charge in [-0.2, -0.15) is 0 Å². The van der Waals surface area contributed by atoms with Gasteiger partial charge < -0.3 is 5.32 Å². The van der Waals surface area contributed by atoms with Crippen molar-refractivity contribution in [2.75, 3.05) is 5.32 Å². The van der Waals surface area contributed by atoms with Crippen molar-refractivity contribution in [1.82, 2.24) is 9.97 Å². The Labute approximate surface area is 112 Å². The van der Waals surface area contributed by atoms with Crippen LogP contribution in [0.4, 0.5) is 11.5 Å². The minimum atomic E-state index is 0.481. The van der Waals surface area contributed by atoms with Crippen molar-refractivity contribution >= 4 is 23.1 Å². The van der Waals surface area contributed by atoms with Crippen molar-refractivity contribution in [3.8, 4) is 0 Å². The van der Waals surface area contributed by atoms with Crippen molar-refractivity contribution in [2.24, 2.45) is 0 Å². The predicted molar refractivity (Wildman–Crippen MR) is 75.7 cm³/mol. The molecule has 0 aliphatic carbocycles. The maximum Gasteiger partial charge on any atom is 0.138 e. The summed E-state index contributed by atoms with van der Waals surface area (Å²) in [5.74, 6) is 0.755.